The lowest BCUT2D eigenvalue weighted by molar-refractivity contribution is -0.119. The van der Waals surface area contributed by atoms with E-state index in [2.05, 4.69) is 15.9 Å². The second-order valence-electron chi connectivity index (χ2n) is 5.14. The highest BCUT2D eigenvalue weighted by Crippen LogP contribution is 2.13. The van der Waals surface area contributed by atoms with Gasteiger partial charge in [0.05, 0.1) is 6.54 Å². The fraction of sp³-hybridized carbons (Fsp3) is 0.235. The minimum atomic E-state index is -0.280. The third-order valence-corrected chi connectivity index (χ3v) is 3.60. The molecule has 2 nitrogen and oxygen atoms in total. The van der Waals surface area contributed by atoms with Gasteiger partial charge in [0.2, 0.25) is 0 Å². The van der Waals surface area contributed by atoms with Crippen LogP contribution in [0.3, 0.4) is 0 Å². The van der Waals surface area contributed by atoms with Gasteiger partial charge in [-0.1, -0.05) is 40.2 Å². The average molecular weight is 350 g/mol. The molecule has 0 spiro atoms. The van der Waals surface area contributed by atoms with Crippen LogP contribution in [0.5, 0.6) is 0 Å². The number of hydrogen-bond acceptors (Lipinski definition) is 2. The van der Waals surface area contributed by atoms with E-state index in [1.165, 1.54) is 12.1 Å². The number of ketones is 1. The average Bonchev–Trinajstić information content (AvgIpc) is 2.41. The summed E-state index contributed by atoms with van der Waals surface area (Å²) in [4.78, 5) is 14.0. The first-order chi connectivity index (χ1) is 10.0. The van der Waals surface area contributed by atoms with E-state index in [4.69, 9.17) is 0 Å². The van der Waals surface area contributed by atoms with Gasteiger partial charge < -0.3 is 0 Å². The molecule has 0 bridgehead atoms. The van der Waals surface area contributed by atoms with Gasteiger partial charge in [0.1, 0.15) is 5.82 Å². The Morgan fingerprint density at radius 2 is 1.86 bits per heavy atom. The third kappa shape index (κ3) is 5.40. The highest BCUT2D eigenvalue weighted by atomic mass is 79.9. The van der Waals surface area contributed by atoms with Crippen LogP contribution >= 0.6 is 15.9 Å². The second-order valence-corrected chi connectivity index (χ2v) is 6.06. The van der Waals surface area contributed by atoms with Gasteiger partial charge in [0, 0.05) is 17.4 Å². The molecule has 110 valence electrons. The standard InChI is InChI=1S/C17H17BrFNO/c1-20(11-14-3-2-4-15(18)9-14)12-17(21)10-13-5-7-16(19)8-6-13/h2-9H,10-12H2,1H3. The van der Waals surface area contributed by atoms with E-state index in [0.717, 1.165) is 15.6 Å². The molecule has 2 aromatic rings. The Morgan fingerprint density at radius 1 is 1.14 bits per heavy atom. The maximum atomic E-state index is 12.8. The first-order valence-electron chi connectivity index (χ1n) is 6.72. The summed E-state index contributed by atoms with van der Waals surface area (Å²) in [6.45, 7) is 1.10. The molecule has 0 aliphatic heterocycles. The van der Waals surface area contributed by atoms with Crippen molar-refractivity contribution in [3.63, 3.8) is 0 Å². The molecule has 0 aromatic heterocycles. The number of nitrogens with zero attached hydrogens (tertiary/aromatic N) is 1. The van der Waals surface area contributed by atoms with E-state index in [1.807, 2.05) is 36.2 Å². The molecule has 0 atom stereocenters. The molecule has 0 heterocycles. The number of carbonyl (C=O) groups is 1. The lowest BCUT2D eigenvalue weighted by atomic mass is 10.1. The summed E-state index contributed by atoms with van der Waals surface area (Å²) in [7, 11) is 1.92. The van der Waals surface area contributed by atoms with Crippen molar-refractivity contribution in [2.75, 3.05) is 13.6 Å². The van der Waals surface area contributed by atoms with Gasteiger partial charge in [0.25, 0.3) is 0 Å². The molecule has 0 unspecified atom stereocenters. The number of carbonyl (C=O) groups excluding carboxylic acids is 1. The molecular weight excluding hydrogens is 333 g/mol. The number of halogens is 2. The van der Waals surface area contributed by atoms with Crippen LogP contribution < -0.4 is 0 Å². The van der Waals surface area contributed by atoms with E-state index in [-0.39, 0.29) is 11.6 Å². The van der Waals surface area contributed by atoms with Gasteiger partial charge in [0.15, 0.2) is 5.78 Å². The van der Waals surface area contributed by atoms with Crippen LogP contribution in [-0.4, -0.2) is 24.3 Å². The first kappa shape index (κ1) is 15.9. The van der Waals surface area contributed by atoms with Crippen LogP contribution in [0.25, 0.3) is 0 Å². The monoisotopic (exact) mass is 349 g/mol. The molecule has 0 amide bonds. The Balaban J connectivity index is 1.86. The maximum Gasteiger partial charge on any atom is 0.151 e. The minimum absolute atomic E-state index is 0.124. The molecule has 21 heavy (non-hydrogen) atoms. The zero-order valence-corrected chi connectivity index (χ0v) is 13.4. The number of hydrogen-bond donors (Lipinski definition) is 0. The largest absolute Gasteiger partial charge is 0.298 e. The maximum absolute atomic E-state index is 12.8. The normalized spacial score (nSPS) is 10.9. The Labute approximate surface area is 132 Å². The van der Waals surface area contributed by atoms with Gasteiger partial charge in [-0.3, -0.25) is 9.69 Å². The predicted molar refractivity (Wildman–Crippen MR) is 85.6 cm³/mol. The summed E-state index contributed by atoms with van der Waals surface area (Å²) in [5, 5.41) is 0. The van der Waals surface area contributed by atoms with E-state index >= 15 is 0 Å². The Hall–Kier alpha value is -1.52. The predicted octanol–water partition coefficient (Wildman–Crippen LogP) is 3.83. The smallest absolute Gasteiger partial charge is 0.151 e. The van der Waals surface area contributed by atoms with Crippen LogP contribution in [0.15, 0.2) is 53.0 Å². The highest BCUT2D eigenvalue weighted by Gasteiger charge is 2.08. The summed E-state index contributed by atoms with van der Waals surface area (Å²) in [5.41, 5.74) is 2.00. The van der Waals surface area contributed by atoms with Crippen LogP contribution in [0.4, 0.5) is 4.39 Å². The number of likely N-dealkylation sites (N-methyl/N-ethyl adjacent to an activating group) is 1. The summed E-state index contributed by atoms with van der Waals surface area (Å²) in [5.74, 6) is -0.155. The van der Waals surface area contributed by atoms with Crippen molar-refractivity contribution in [1.82, 2.24) is 4.90 Å². The van der Waals surface area contributed by atoms with Crippen molar-refractivity contribution in [3.8, 4) is 0 Å². The van der Waals surface area contributed by atoms with Crippen molar-refractivity contribution in [1.29, 1.82) is 0 Å². The summed E-state index contributed by atoms with van der Waals surface area (Å²) in [6.07, 6.45) is 0.336. The lowest BCUT2D eigenvalue weighted by Gasteiger charge is -2.16. The van der Waals surface area contributed by atoms with E-state index in [1.54, 1.807) is 12.1 Å². The van der Waals surface area contributed by atoms with Crippen LogP contribution in [0, 0.1) is 5.82 Å². The molecule has 2 aromatic carbocycles. The van der Waals surface area contributed by atoms with Gasteiger partial charge in [-0.2, -0.15) is 0 Å². The van der Waals surface area contributed by atoms with Crippen LogP contribution in [0.2, 0.25) is 0 Å². The van der Waals surface area contributed by atoms with Crippen LogP contribution in [-0.2, 0) is 17.8 Å². The molecule has 0 aliphatic rings. The van der Waals surface area contributed by atoms with Gasteiger partial charge >= 0.3 is 0 Å². The molecule has 0 aliphatic carbocycles. The molecule has 4 heteroatoms. The minimum Gasteiger partial charge on any atom is -0.298 e. The second kappa shape index (κ2) is 7.48. The van der Waals surface area contributed by atoms with Crippen molar-refractivity contribution < 1.29 is 9.18 Å². The SMILES string of the molecule is CN(CC(=O)Cc1ccc(F)cc1)Cc1cccc(Br)c1. The molecule has 0 saturated heterocycles. The van der Waals surface area contributed by atoms with Crippen molar-refractivity contribution in [3.05, 3.63) is 69.9 Å². The van der Waals surface area contributed by atoms with Crippen molar-refractivity contribution in [2.45, 2.75) is 13.0 Å². The van der Waals surface area contributed by atoms with E-state index < -0.39 is 0 Å². The van der Waals surface area contributed by atoms with Gasteiger partial charge in [-0.05, 0) is 42.4 Å². The molecule has 0 N–H and O–H groups in total. The number of rotatable bonds is 6. The van der Waals surface area contributed by atoms with Gasteiger partial charge in [-0.15, -0.1) is 0 Å². The number of Topliss-reactive ketones (excluding diaryl/α,β-unsaturated/α-hetero) is 1. The molecule has 0 radical (unpaired) electrons. The number of benzene rings is 2. The van der Waals surface area contributed by atoms with Gasteiger partial charge in [-0.25, -0.2) is 4.39 Å². The van der Waals surface area contributed by atoms with E-state index in [9.17, 15) is 9.18 Å². The lowest BCUT2D eigenvalue weighted by Crippen LogP contribution is -2.26. The van der Waals surface area contributed by atoms with E-state index in [0.29, 0.717) is 19.5 Å². The summed E-state index contributed by atoms with van der Waals surface area (Å²) < 4.78 is 13.8. The zero-order chi connectivity index (χ0) is 15.2. The topological polar surface area (TPSA) is 20.3 Å². The van der Waals surface area contributed by atoms with Crippen molar-refractivity contribution >= 4 is 21.7 Å². The quantitative estimate of drug-likeness (QED) is 0.789. The Kier molecular flexibility index (Phi) is 5.65. The molecular formula is C17H17BrFNO. The molecule has 0 fully saturated rings. The Morgan fingerprint density at radius 3 is 2.52 bits per heavy atom. The van der Waals surface area contributed by atoms with Crippen molar-refractivity contribution in [2.24, 2.45) is 0 Å². The molecule has 2 rings (SSSR count). The molecule has 0 saturated carbocycles. The highest BCUT2D eigenvalue weighted by molar-refractivity contribution is 9.10. The first-order valence-corrected chi connectivity index (χ1v) is 7.51. The fourth-order valence-corrected chi connectivity index (χ4v) is 2.64. The van der Waals surface area contributed by atoms with Crippen LogP contribution in [0.1, 0.15) is 11.1 Å². The third-order valence-electron chi connectivity index (χ3n) is 3.10. The fourth-order valence-electron chi connectivity index (χ4n) is 2.19. The summed E-state index contributed by atoms with van der Waals surface area (Å²) in [6, 6.07) is 14.1. The summed E-state index contributed by atoms with van der Waals surface area (Å²) >= 11 is 3.44. The Bertz CT molecular complexity index is 612. The zero-order valence-electron chi connectivity index (χ0n) is 11.9.